The van der Waals surface area contributed by atoms with E-state index >= 15 is 0 Å². The van der Waals surface area contributed by atoms with Crippen LogP contribution in [0.5, 0.6) is 5.75 Å². The third kappa shape index (κ3) is 1.79. The number of methoxy groups -OCH3 is 1. The van der Waals surface area contributed by atoms with Gasteiger partial charge in [-0.25, -0.2) is 0 Å². The number of carbonyl (C=O) groups is 1. The maximum Gasteiger partial charge on any atom is 0.169 e. The summed E-state index contributed by atoms with van der Waals surface area (Å²) in [5, 5.41) is 9.64. The lowest BCUT2D eigenvalue weighted by molar-refractivity contribution is 0.0954. The fraction of sp³-hybridized carbons (Fsp3) is 0.250. The number of fused-ring (bicyclic) bond motifs is 1. The molecule has 0 atom stereocenters. The number of hydrogen-bond acceptors (Lipinski definition) is 4. The number of rotatable bonds is 4. The van der Waals surface area contributed by atoms with Crippen LogP contribution in [0.3, 0.4) is 0 Å². The molecule has 1 N–H and O–H groups in total. The van der Waals surface area contributed by atoms with Crippen molar-refractivity contribution in [2.45, 2.75) is 6.42 Å². The molecule has 0 bridgehead atoms. The van der Waals surface area contributed by atoms with Crippen LogP contribution in [-0.4, -0.2) is 24.6 Å². The summed E-state index contributed by atoms with van der Waals surface area (Å²) in [6.07, 6.45) is 1.65. The van der Waals surface area contributed by atoms with Crippen molar-refractivity contribution in [3.05, 3.63) is 30.0 Å². The predicted octanol–water partition coefficient (Wildman–Crippen LogP) is 2.01. The average Bonchev–Trinajstić information content (AvgIpc) is 2.74. The minimum absolute atomic E-state index is 0.0859. The topological polar surface area (TPSA) is 59.7 Å². The van der Waals surface area contributed by atoms with Gasteiger partial charge in [0.2, 0.25) is 0 Å². The van der Waals surface area contributed by atoms with E-state index in [4.69, 9.17) is 14.3 Å². The largest absolute Gasteiger partial charge is 0.496 e. The third-order valence-electron chi connectivity index (χ3n) is 2.41. The molecule has 1 aromatic heterocycles. The Morgan fingerprint density at radius 1 is 1.50 bits per heavy atom. The zero-order chi connectivity index (χ0) is 11.5. The summed E-state index contributed by atoms with van der Waals surface area (Å²) in [6, 6.07) is 5.20. The number of ketones is 1. The van der Waals surface area contributed by atoms with Gasteiger partial charge in [-0.05, 0) is 18.2 Å². The molecule has 0 amide bonds. The second kappa shape index (κ2) is 4.37. The van der Waals surface area contributed by atoms with Crippen LogP contribution in [0.2, 0.25) is 0 Å². The zero-order valence-corrected chi connectivity index (χ0v) is 8.90. The van der Waals surface area contributed by atoms with Crippen molar-refractivity contribution in [3.63, 3.8) is 0 Å². The summed E-state index contributed by atoms with van der Waals surface area (Å²) in [6.45, 7) is -0.168. The zero-order valence-electron chi connectivity index (χ0n) is 8.90. The molecule has 0 fully saturated rings. The van der Waals surface area contributed by atoms with E-state index in [1.54, 1.807) is 24.5 Å². The van der Waals surface area contributed by atoms with E-state index < -0.39 is 0 Å². The number of hydrogen-bond donors (Lipinski definition) is 1. The number of aliphatic hydroxyl groups is 1. The van der Waals surface area contributed by atoms with Crippen LogP contribution in [0.4, 0.5) is 0 Å². The summed E-state index contributed by atoms with van der Waals surface area (Å²) in [5.74, 6) is 0.352. The molecule has 0 unspecified atom stereocenters. The number of furan rings is 1. The highest BCUT2D eigenvalue weighted by atomic mass is 16.5. The Bertz CT molecular complexity index is 513. The minimum Gasteiger partial charge on any atom is -0.496 e. The Labute approximate surface area is 92.4 Å². The van der Waals surface area contributed by atoms with Crippen molar-refractivity contribution in [3.8, 4) is 5.75 Å². The molecule has 0 aliphatic heterocycles. The molecule has 0 spiro atoms. The van der Waals surface area contributed by atoms with Crippen LogP contribution in [0.15, 0.2) is 28.9 Å². The Morgan fingerprint density at radius 3 is 3.00 bits per heavy atom. The lowest BCUT2D eigenvalue weighted by Crippen LogP contribution is -2.04. The molecule has 2 aromatic rings. The van der Waals surface area contributed by atoms with Crippen LogP contribution in [-0.2, 0) is 0 Å². The van der Waals surface area contributed by atoms with Gasteiger partial charge in [0.15, 0.2) is 5.78 Å². The van der Waals surface area contributed by atoms with Crippen LogP contribution >= 0.6 is 0 Å². The molecule has 1 heterocycles. The quantitative estimate of drug-likeness (QED) is 0.800. The van der Waals surface area contributed by atoms with Gasteiger partial charge >= 0.3 is 0 Å². The van der Waals surface area contributed by atoms with Gasteiger partial charge < -0.3 is 14.3 Å². The van der Waals surface area contributed by atoms with Gasteiger partial charge in [-0.15, -0.1) is 0 Å². The van der Waals surface area contributed by atoms with E-state index in [1.165, 1.54) is 7.11 Å². The third-order valence-corrected chi connectivity index (χ3v) is 2.41. The molecule has 4 nitrogen and oxygen atoms in total. The molecule has 0 radical (unpaired) electrons. The Kier molecular flexibility index (Phi) is 2.92. The lowest BCUT2D eigenvalue weighted by Gasteiger charge is -2.06. The fourth-order valence-electron chi connectivity index (χ4n) is 1.61. The highest BCUT2D eigenvalue weighted by Gasteiger charge is 2.14. The number of benzene rings is 1. The number of carbonyl (C=O) groups excluding carboxylic acids is 1. The lowest BCUT2D eigenvalue weighted by atomic mass is 10.1. The van der Waals surface area contributed by atoms with Crippen molar-refractivity contribution < 1.29 is 19.1 Å². The fourth-order valence-corrected chi connectivity index (χ4v) is 1.61. The first-order valence-electron chi connectivity index (χ1n) is 4.95. The van der Waals surface area contributed by atoms with Crippen LogP contribution < -0.4 is 4.74 Å². The molecule has 1 aromatic carbocycles. The van der Waals surface area contributed by atoms with Gasteiger partial charge in [0.25, 0.3) is 0 Å². The number of ether oxygens (including phenoxy) is 1. The smallest absolute Gasteiger partial charge is 0.169 e. The Hall–Kier alpha value is -1.81. The van der Waals surface area contributed by atoms with Crippen molar-refractivity contribution in [1.29, 1.82) is 0 Å². The highest BCUT2D eigenvalue weighted by molar-refractivity contribution is 6.02. The van der Waals surface area contributed by atoms with Gasteiger partial charge in [-0.3, -0.25) is 4.79 Å². The van der Waals surface area contributed by atoms with Crippen molar-refractivity contribution in [1.82, 2.24) is 0 Å². The molecule has 84 valence electrons. The maximum atomic E-state index is 11.7. The molecule has 0 aliphatic rings. The van der Waals surface area contributed by atoms with Crippen molar-refractivity contribution in [2.75, 3.05) is 13.7 Å². The maximum absolute atomic E-state index is 11.7. The van der Waals surface area contributed by atoms with Crippen LogP contribution in [0.25, 0.3) is 11.0 Å². The van der Waals surface area contributed by atoms with E-state index in [9.17, 15) is 4.79 Å². The molecule has 0 saturated heterocycles. The van der Waals surface area contributed by atoms with Crippen LogP contribution in [0.1, 0.15) is 16.8 Å². The number of aliphatic hydroxyl groups excluding tert-OH is 1. The molecule has 0 aliphatic carbocycles. The predicted molar refractivity (Wildman–Crippen MR) is 58.8 cm³/mol. The van der Waals surface area contributed by atoms with Gasteiger partial charge in [0, 0.05) is 11.8 Å². The summed E-state index contributed by atoms with van der Waals surface area (Å²) in [7, 11) is 1.51. The van der Waals surface area contributed by atoms with Gasteiger partial charge in [-0.2, -0.15) is 0 Å². The first-order valence-corrected chi connectivity index (χ1v) is 4.95. The van der Waals surface area contributed by atoms with Gasteiger partial charge in [0.1, 0.15) is 11.3 Å². The second-order valence-electron chi connectivity index (χ2n) is 3.41. The number of Topliss-reactive ketones (excluding diaryl/α,β-unsaturated/α-hetero) is 1. The normalized spacial score (nSPS) is 10.6. The Morgan fingerprint density at radius 2 is 2.31 bits per heavy atom. The monoisotopic (exact) mass is 220 g/mol. The molecular weight excluding hydrogens is 208 g/mol. The highest BCUT2D eigenvalue weighted by Crippen LogP contribution is 2.27. The first-order chi connectivity index (χ1) is 7.76. The summed E-state index contributed by atoms with van der Waals surface area (Å²) < 4.78 is 10.4. The minimum atomic E-state index is -0.168. The molecule has 0 saturated carbocycles. The summed E-state index contributed by atoms with van der Waals surface area (Å²) in [4.78, 5) is 11.7. The molecule has 2 rings (SSSR count). The average molecular weight is 220 g/mol. The molecular formula is C12H12O4. The standard InChI is InChI=1S/C12H12O4/c1-15-12-6-8-3-5-16-11(8)7-9(12)10(14)2-4-13/h3,5-7,13H,2,4H2,1H3. The van der Waals surface area contributed by atoms with E-state index in [2.05, 4.69) is 0 Å². The Balaban J connectivity index is 2.52. The van der Waals surface area contributed by atoms with Gasteiger partial charge in [-0.1, -0.05) is 0 Å². The van der Waals surface area contributed by atoms with Gasteiger partial charge in [0.05, 0.1) is 25.5 Å². The second-order valence-corrected chi connectivity index (χ2v) is 3.41. The molecule has 4 heteroatoms. The van der Waals surface area contributed by atoms with E-state index in [-0.39, 0.29) is 18.8 Å². The van der Waals surface area contributed by atoms with Crippen molar-refractivity contribution in [2.24, 2.45) is 0 Å². The van der Waals surface area contributed by atoms with E-state index in [1.807, 2.05) is 0 Å². The molecule has 16 heavy (non-hydrogen) atoms. The van der Waals surface area contributed by atoms with E-state index in [0.717, 1.165) is 5.39 Å². The summed E-state index contributed by atoms with van der Waals surface area (Å²) >= 11 is 0. The SMILES string of the molecule is COc1cc2ccoc2cc1C(=O)CCO. The summed E-state index contributed by atoms with van der Waals surface area (Å²) in [5.41, 5.74) is 1.08. The first kappa shape index (κ1) is 10.7. The van der Waals surface area contributed by atoms with Crippen LogP contribution in [0, 0.1) is 0 Å². The van der Waals surface area contributed by atoms with E-state index in [0.29, 0.717) is 16.9 Å². The van der Waals surface area contributed by atoms with Crippen molar-refractivity contribution >= 4 is 16.8 Å².